The van der Waals surface area contributed by atoms with Gasteiger partial charge in [0.1, 0.15) is 0 Å². The number of aromatic nitrogens is 2. The first-order valence-corrected chi connectivity index (χ1v) is 10.7. The van der Waals surface area contributed by atoms with Gasteiger partial charge in [0.05, 0.1) is 28.9 Å². The third kappa shape index (κ3) is 5.33. The largest absolute Gasteiger partial charge is 0.416 e. The number of fused-ring (bicyclic) bond motifs is 1. The van der Waals surface area contributed by atoms with Gasteiger partial charge in [-0.15, -0.1) is 0 Å². The van der Waals surface area contributed by atoms with Gasteiger partial charge < -0.3 is 9.88 Å². The highest BCUT2D eigenvalue weighted by atomic mass is 32.2. The third-order valence-corrected chi connectivity index (χ3v) is 5.74. The lowest BCUT2D eigenvalue weighted by Gasteiger charge is -2.10. The van der Waals surface area contributed by atoms with Gasteiger partial charge in [0, 0.05) is 11.8 Å². The molecule has 0 radical (unpaired) electrons. The van der Waals surface area contributed by atoms with Gasteiger partial charge in [0.25, 0.3) is 0 Å². The topological polar surface area (TPSA) is 46.9 Å². The first-order valence-electron chi connectivity index (χ1n) is 9.70. The predicted octanol–water partition coefficient (Wildman–Crippen LogP) is 6.11. The molecule has 0 aliphatic heterocycles. The van der Waals surface area contributed by atoms with Gasteiger partial charge in [-0.3, -0.25) is 4.79 Å². The van der Waals surface area contributed by atoms with E-state index in [9.17, 15) is 26.7 Å². The smallest absolute Gasteiger partial charge is 0.325 e. The molecule has 0 aliphatic rings. The Morgan fingerprint density at radius 1 is 0.970 bits per heavy atom. The lowest BCUT2D eigenvalue weighted by atomic mass is 10.2. The maximum absolute atomic E-state index is 13.4. The number of anilines is 1. The quantitative estimate of drug-likeness (QED) is 0.269. The Kier molecular flexibility index (Phi) is 6.37. The van der Waals surface area contributed by atoms with Crippen molar-refractivity contribution in [2.75, 3.05) is 11.1 Å². The van der Waals surface area contributed by atoms with E-state index in [1.165, 1.54) is 12.1 Å². The first-order chi connectivity index (χ1) is 15.7. The number of imidazole rings is 1. The van der Waals surface area contributed by atoms with Crippen LogP contribution in [0, 0.1) is 11.6 Å². The summed E-state index contributed by atoms with van der Waals surface area (Å²) < 4.78 is 67.6. The van der Waals surface area contributed by atoms with Crippen LogP contribution in [0.2, 0.25) is 0 Å². The molecule has 1 amide bonds. The molecule has 0 bridgehead atoms. The normalized spacial score (nSPS) is 11.7. The fourth-order valence-corrected chi connectivity index (χ4v) is 4.03. The number of nitrogens with one attached hydrogen (secondary N) is 1. The van der Waals surface area contributed by atoms with Gasteiger partial charge in [-0.05, 0) is 35.9 Å². The maximum atomic E-state index is 13.4. The van der Waals surface area contributed by atoms with Crippen LogP contribution in [-0.2, 0) is 17.5 Å². The molecule has 0 saturated carbocycles. The van der Waals surface area contributed by atoms with E-state index in [2.05, 4.69) is 10.3 Å². The molecular formula is C23H16F5N3OS. The number of alkyl halides is 3. The van der Waals surface area contributed by atoms with Crippen molar-refractivity contribution in [3.8, 4) is 0 Å². The van der Waals surface area contributed by atoms with E-state index in [1.807, 2.05) is 30.3 Å². The van der Waals surface area contributed by atoms with E-state index in [0.717, 1.165) is 41.6 Å². The zero-order valence-corrected chi connectivity index (χ0v) is 17.7. The average molecular weight is 477 g/mol. The number of amides is 1. The molecule has 4 nitrogen and oxygen atoms in total. The molecule has 1 heterocycles. The number of hydrogen-bond acceptors (Lipinski definition) is 3. The van der Waals surface area contributed by atoms with Crippen LogP contribution < -0.4 is 5.32 Å². The molecule has 1 aromatic heterocycles. The Balaban J connectivity index is 1.59. The minimum absolute atomic E-state index is 0.0899. The number of nitrogens with zero attached hydrogens (tertiary/aromatic N) is 2. The molecule has 0 atom stereocenters. The van der Waals surface area contributed by atoms with Crippen molar-refractivity contribution < 1.29 is 26.7 Å². The van der Waals surface area contributed by atoms with Gasteiger partial charge in [0.15, 0.2) is 16.8 Å². The summed E-state index contributed by atoms with van der Waals surface area (Å²) in [5, 5.41) is 2.82. The van der Waals surface area contributed by atoms with Gasteiger partial charge >= 0.3 is 6.18 Å². The van der Waals surface area contributed by atoms with Crippen LogP contribution in [0.1, 0.15) is 11.1 Å². The van der Waals surface area contributed by atoms with Crippen LogP contribution in [0.3, 0.4) is 0 Å². The molecule has 4 rings (SSSR count). The second-order valence-electron chi connectivity index (χ2n) is 7.13. The lowest BCUT2D eigenvalue weighted by molar-refractivity contribution is -0.137. The van der Waals surface area contributed by atoms with Crippen LogP contribution in [0.25, 0.3) is 11.0 Å². The number of rotatable bonds is 6. The molecule has 0 saturated heterocycles. The summed E-state index contributed by atoms with van der Waals surface area (Å²) >= 11 is 1.03. The van der Waals surface area contributed by atoms with Crippen LogP contribution in [0.4, 0.5) is 27.6 Å². The standard InChI is InChI=1S/C23H16F5N3OS/c24-17-8-7-16(11-18(17)25)29-21(32)13-33-22-30-19-10-15(23(26,27)28)6-9-20(19)31(22)12-14-4-2-1-3-5-14/h1-11H,12-13H2,(H,29,32). The number of thioether (sulfide) groups is 1. The molecule has 0 spiro atoms. The maximum Gasteiger partial charge on any atom is 0.416 e. The Labute approximate surface area is 189 Å². The SMILES string of the molecule is O=C(CSc1nc2cc(C(F)(F)F)ccc2n1Cc1ccccc1)Nc1ccc(F)c(F)c1. The number of benzene rings is 3. The van der Waals surface area contributed by atoms with E-state index in [0.29, 0.717) is 17.2 Å². The minimum atomic E-state index is -4.50. The fraction of sp³-hybridized carbons (Fsp3) is 0.130. The fourth-order valence-electron chi connectivity index (χ4n) is 3.21. The van der Waals surface area contributed by atoms with Crippen molar-refractivity contribution in [1.82, 2.24) is 9.55 Å². The Morgan fingerprint density at radius 3 is 2.42 bits per heavy atom. The van der Waals surface area contributed by atoms with Gasteiger partial charge in [-0.25, -0.2) is 13.8 Å². The molecule has 170 valence electrons. The van der Waals surface area contributed by atoms with Crippen LogP contribution in [0.5, 0.6) is 0 Å². The highest BCUT2D eigenvalue weighted by molar-refractivity contribution is 7.99. The minimum Gasteiger partial charge on any atom is -0.325 e. The zero-order chi connectivity index (χ0) is 23.6. The van der Waals surface area contributed by atoms with E-state index in [-0.39, 0.29) is 17.0 Å². The molecular weight excluding hydrogens is 461 g/mol. The van der Waals surface area contributed by atoms with Gasteiger partial charge in [0.2, 0.25) is 5.91 Å². The molecule has 0 aliphatic carbocycles. The number of halogens is 5. The van der Waals surface area contributed by atoms with Crippen molar-refractivity contribution in [1.29, 1.82) is 0 Å². The van der Waals surface area contributed by atoms with Crippen molar-refractivity contribution in [3.05, 3.63) is 89.5 Å². The van der Waals surface area contributed by atoms with Crippen molar-refractivity contribution in [3.63, 3.8) is 0 Å². The molecule has 0 unspecified atom stereocenters. The average Bonchev–Trinajstić information content (AvgIpc) is 3.11. The molecule has 3 aromatic carbocycles. The summed E-state index contributed by atoms with van der Waals surface area (Å²) in [6.07, 6.45) is -4.50. The van der Waals surface area contributed by atoms with Gasteiger partial charge in [-0.1, -0.05) is 42.1 Å². The van der Waals surface area contributed by atoms with Crippen molar-refractivity contribution in [2.24, 2.45) is 0 Å². The second-order valence-corrected chi connectivity index (χ2v) is 8.08. The second kappa shape index (κ2) is 9.22. The summed E-state index contributed by atoms with van der Waals surface area (Å²) in [6.45, 7) is 0.343. The summed E-state index contributed by atoms with van der Waals surface area (Å²) in [7, 11) is 0. The first kappa shape index (κ1) is 22.8. The molecule has 0 fully saturated rings. The summed E-state index contributed by atoms with van der Waals surface area (Å²) in [5.74, 6) is -2.76. The van der Waals surface area contributed by atoms with E-state index >= 15 is 0 Å². The number of hydrogen-bond donors (Lipinski definition) is 1. The molecule has 1 N–H and O–H groups in total. The monoisotopic (exact) mass is 477 g/mol. The Morgan fingerprint density at radius 2 is 1.73 bits per heavy atom. The van der Waals surface area contributed by atoms with Crippen LogP contribution in [-0.4, -0.2) is 21.2 Å². The summed E-state index contributed by atoms with van der Waals surface area (Å²) in [6, 6.07) is 15.6. The zero-order valence-electron chi connectivity index (χ0n) is 16.9. The number of carbonyl (C=O) groups is 1. The summed E-state index contributed by atoms with van der Waals surface area (Å²) in [5.41, 5.74) is 0.837. The highest BCUT2D eigenvalue weighted by Gasteiger charge is 2.31. The molecule has 33 heavy (non-hydrogen) atoms. The van der Waals surface area contributed by atoms with Crippen molar-refractivity contribution >= 4 is 34.4 Å². The van der Waals surface area contributed by atoms with Crippen LogP contribution >= 0.6 is 11.8 Å². The Bertz CT molecular complexity index is 1300. The van der Waals surface area contributed by atoms with E-state index < -0.39 is 29.3 Å². The molecule has 4 aromatic rings. The molecule has 10 heteroatoms. The number of carbonyl (C=O) groups excluding carboxylic acids is 1. The third-order valence-electron chi connectivity index (χ3n) is 4.76. The lowest BCUT2D eigenvalue weighted by Crippen LogP contribution is -2.15. The van der Waals surface area contributed by atoms with Crippen molar-refractivity contribution in [2.45, 2.75) is 17.9 Å². The van der Waals surface area contributed by atoms with E-state index in [4.69, 9.17) is 0 Å². The van der Waals surface area contributed by atoms with Crippen LogP contribution in [0.15, 0.2) is 71.9 Å². The highest BCUT2D eigenvalue weighted by Crippen LogP contribution is 2.33. The van der Waals surface area contributed by atoms with Gasteiger partial charge in [-0.2, -0.15) is 13.2 Å². The Hall–Kier alpha value is -3.40. The summed E-state index contributed by atoms with van der Waals surface area (Å²) in [4.78, 5) is 16.6. The van der Waals surface area contributed by atoms with E-state index in [1.54, 1.807) is 4.57 Å². The predicted molar refractivity (Wildman–Crippen MR) is 116 cm³/mol.